The molecule has 0 radical (unpaired) electrons. The van der Waals surface area contributed by atoms with Gasteiger partial charge in [-0.2, -0.15) is 0 Å². The number of hydrogen-bond acceptors (Lipinski definition) is 5. The third-order valence-electron chi connectivity index (χ3n) is 10.9. The number of esters is 2. The fourth-order valence-electron chi connectivity index (χ4n) is 7.04. The Morgan fingerprint density at radius 3 is 1.21 bits per heavy atom. The predicted octanol–water partition coefficient (Wildman–Crippen LogP) is 17.7. The van der Waals surface area contributed by atoms with Gasteiger partial charge in [-0.25, -0.2) is 0 Å². The molecule has 0 spiro atoms. The number of rotatable bonds is 47. The molecular formula is C57H98O5. The molecule has 0 rings (SSSR count). The smallest absolute Gasteiger partial charge is 0.306 e. The summed E-state index contributed by atoms with van der Waals surface area (Å²) in [6.45, 7) is 7.62. The van der Waals surface area contributed by atoms with Gasteiger partial charge in [0.2, 0.25) is 0 Å². The molecule has 1 unspecified atom stereocenters. The lowest BCUT2D eigenvalue weighted by Gasteiger charge is -2.18. The quantitative estimate of drug-likeness (QED) is 0.0346. The topological polar surface area (TPSA) is 61.8 Å². The summed E-state index contributed by atoms with van der Waals surface area (Å²) in [5.41, 5.74) is 0. The molecule has 0 aromatic carbocycles. The maximum Gasteiger partial charge on any atom is 0.306 e. The van der Waals surface area contributed by atoms with E-state index >= 15 is 0 Å². The molecule has 0 saturated heterocycles. The van der Waals surface area contributed by atoms with Gasteiger partial charge in [0, 0.05) is 19.4 Å². The molecule has 5 nitrogen and oxygen atoms in total. The molecule has 1 atom stereocenters. The van der Waals surface area contributed by atoms with Crippen LogP contribution in [0.4, 0.5) is 0 Å². The monoisotopic (exact) mass is 863 g/mol. The summed E-state index contributed by atoms with van der Waals surface area (Å²) in [5.74, 6) is -0.441. The lowest BCUT2D eigenvalue weighted by Crippen LogP contribution is -2.30. The van der Waals surface area contributed by atoms with Crippen LogP contribution < -0.4 is 0 Å². The molecule has 0 aliphatic carbocycles. The van der Waals surface area contributed by atoms with E-state index in [1.54, 1.807) is 0 Å². The fraction of sp³-hybridized carbons (Fsp3) is 0.719. The lowest BCUT2D eigenvalue weighted by atomic mass is 10.1. The Hall–Kier alpha value is -2.92. The zero-order chi connectivity index (χ0) is 44.9. The Bertz CT molecular complexity index is 1160. The summed E-state index contributed by atoms with van der Waals surface area (Å²) in [4.78, 5) is 25.2. The van der Waals surface area contributed by atoms with E-state index in [1.807, 2.05) is 0 Å². The maximum atomic E-state index is 12.7. The van der Waals surface area contributed by atoms with Gasteiger partial charge in [-0.15, -0.1) is 0 Å². The highest BCUT2D eigenvalue weighted by atomic mass is 16.6. The van der Waals surface area contributed by atoms with Gasteiger partial charge in [-0.05, 0) is 96.3 Å². The Kier molecular flexibility index (Phi) is 50.0. The number of allylic oxidation sites excluding steroid dienone is 14. The van der Waals surface area contributed by atoms with Crippen molar-refractivity contribution in [2.45, 2.75) is 245 Å². The van der Waals surface area contributed by atoms with Crippen LogP contribution in [0.3, 0.4) is 0 Å². The minimum atomic E-state index is -0.551. The van der Waals surface area contributed by atoms with Crippen LogP contribution in [0.1, 0.15) is 239 Å². The number of carbonyl (C=O) groups excluding carboxylic acids is 2. The summed E-state index contributed by atoms with van der Waals surface area (Å²) in [7, 11) is 0. The van der Waals surface area contributed by atoms with Crippen LogP contribution in [0.2, 0.25) is 0 Å². The van der Waals surface area contributed by atoms with Crippen LogP contribution in [0.25, 0.3) is 0 Å². The largest absolute Gasteiger partial charge is 0.462 e. The summed E-state index contributed by atoms with van der Waals surface area (Å²) in [5, 5.41) is 0. The zero-order valence-corrected chi connectivity index (χ0v) is 40.9. The summed E-state index contributed by atoms with van der Waals surface area (Å²) in [6, 6.07) is 0. The van der Waals surface area contributed by atoms with E-state index in [4.69, 9.17) is 14.2 Å². The van der Waals surface area contributed by atoms with Gasteiger partial charge in [0.1, 0.15) is 6.61 Å². The normalized spacial score (nSPS) is 12.9. The van der Waals surface area contributed by atoms with E-state index in [2.05, 4.69) is 106 Å². The van der Waals surface area contributed by atoms with Gasteiger partial charge in [-0.3, -0.25) is 9.59 Å². The van der Waals surface area contributed by atoms with Crippen molar-refractivity contribution >= 4 is 11.9 Å². The molecule has 62 heavy (non-hydrogen) atoms. The van der Waals surface area contributed by atoms with E-state index in [0.717, 1.165) is 96.3 Å². The molecule has 0 saturated carbocycles. The maximum absolute atomic E-state index is 12.7. The second kappa shape index (κ2) is 52.4. The van der Waals surface area contributed by atoms with Crippen LogP contribution in [0.15, 0.2) is 85.1 Å². The fourth-order valence-corrected chi connectivity index (χ4v) is 7.04. The van der Waals surface area contributed by atoms with E-state index in [1.165, 1.54) is 109 Å². The highest BCUT2D eigenvalue weighted by molar-refractivity contribution is 5.70. The van der Waals surface area contributed by atoms with Crippen LogP contribution in [0.5, 0.6) is 0 Å². The van der Waals surface area contributed by atoms with Crippen molar-refractivity contribution in [3.63, 3.8) is 0 Å². The molecule has 0 amide bonds. The third kappa shape index (κ3) is 49.7. The van der Waals surface area contributed by atoms with Gasteiger partial charge < -0.3 is 14.2 Å². The first-order valence-corrected chi connectivity index (χ1v) is 26.1. The molecular weight excluding hydrogens is 765 g/mol. The molecule has 0 aliphatic rings. The molecule has 0 aliphatic heterocycles. The molecule has 0 aromatic rings. The van der Waals surface area contributed by atoms with Crippen molar-refractivity contribution in [2.24, 2.45) is 0 Å². The minimum Gasteiger partial charge on any atom is -0.462 e. The van der Waals surface area contributed by atoms with Crippen molar-refractivity contribution < 1.29 is 23.8 Å². The van der Waals surface area contributed by atoms with Gasteiger partial charge in [0.15, 0.2) is 6.10 Å². The molecule has 0 N–H and O–H groups in total. The second-order valence-corrected chi connectivity index (χ2v) is 17.0. The van der Waals surface area contributed by atoms with Crippen molar-refractivity contribution in [1.82, 2.24) is 0 Å². The van der Waals surface area contributed by atoms with Crippen molar-refractivity contribution in [2.75, 3.05) is 19.8 Å². The van der Waals surface area contributed by atoms with Crippen LogP contribution in [-0.4, -0.2) is 37.9 Å². The van der Waals surface area contributed by atoms with E-state index < -0.39 is 6.10 Å². The molecule has 5 heteroatoms. The summed E-state index contributed by atoms with van der Waals surface area (Å²) < 4.78 is 17.3. The lowest BCUT2D eigenvalue weighted by molar-refractivity contribution is -0.163. The van der Waals surface area contributed by atoms with E-state index in [-0.39, 0.29) is 25.2 Å². The van der Waals surface area contributed by atoms with Gasteiger partial charge in [-0.1, -0.05) is 215 Å². The Morgan fingerprint density at radius 1 is 0.371 bits per heavy atom. The van der Waals surface area contributed by atoms with Crippen LogP contribution in [0, 0.1) is 0 Å². The highest BCUT2D eigenvalue weighted by Crippen LogP contribution is 2.14. The van der Waals surface area contributed by atoms with Crippen LogP contribution in [-0.2, 0) is 23.8 Å². The first-order chi connectivity index (χ1) is 30.6. The summed E-state index contributed by atoms with van der Waals surface area (Å²) >= 11 is 0. The van der Waals surface area contributed by atoms with Crippen molar-refractivity contribution in [1.29, 1.82) is 0 Å². The average molecular weight is 863 g/mol. The van der Waals surface area contributed by atoms with Crippen LogP contribution >= 0.6 is 0 Å². The first kappa shape index (κ1) is 59.1. The van der Waals surface area contributed by atoms with Gasteiger partial charge in [0.25, 0.3) is 0 Å². The number of hydrogen-bond donors (Lipinski definition) is 0. The number of carbonyl (C=O) groups is 2. The van der Waals surface area contributed by atoms with Crippen molar-refractivity contribution in [3.8, 4) is 0 Å². The molecule has 0 bridgehead atoms. The second-order valence-electron chi connectivity index (χ2n) is 17.0. The number of unbranched alkanes of at least 4 members (excludes halogenated alkanes) is 22. The summed E-state index contributed by atoms with van der Waals surface area (Å²) in [6.07, 6.45) is 68.9. The minimum absolute atomic E-state index is 0.0647. The standard InChI is InChI=1S/C57H98O5/c1-4-7-10-13-16-18-20-22-24-26-28-30-32-34-36-38-40-43-46-49-52-60-53-55(62-57(59)51-48-45-41-15-12-9-6-3)54-61-56(58)50-47-44-42-39-37-35-33-31-29-27-25-23-21-19-17-14-11-8-5-2/h8,11,16-19,22-25,29,31,35,37,55H,4-7,9-10,12-15,20-21,26-28,30,32-34,36,38-54H2,1-3H3/b11-8-,18-16-,19-17-,24-22-,25-23-,31-29-,37-35-. The first-order valence-electron chi connectivity index (χ1n) is 26.1. The highest BCUT2D eigenvalue weighted by Gasteiger charge is 2.17. The molecule has 0 heterocycles. The SMILES string of the molecule is CC/C=C\C/C=C\C/C=C\C/C=C\C/C=C\CCCCCC(=O)OCC(COCCCCCCCCCCCC/C=C\C/C=C\CCCCC)OC(=O)CCCCCCCCC. The average Bonchev–Trinajstić information content (AvgIpc) is 3.27. The number of ether oxygens (including phenoxy) is 3. The van der Waals surface area contributed by atoms with Gasteiger partial charge in [0.05, 0.1) is 6.61 Å². The molecule has 0 fully saturated rings. The molecule has 0 aromatic heterocycles. The molecule has 356 valence electrons. The zero-order valence-electron chi connectivity index (χ0n) is 40.9. The Balaban J connectivity index is 4.17. The predicted molar refractivity (Wildman–Crippen MR) is 270 cm³/mol. The third-order valence-corrected chi connectivity index (χ3v) is 10.9. The Morgan fingerprint density at radius 2 is 0.726 bits per heavy atom. The Labute approximate surface area is 384 Å². The van der Waals surface area contributed by atoms with Gasteiger partial charge >= 0.3 is 11.9 Å². The van der Waals surface area contributed by atoms with Crippen molar-refractivity contribution in [3.05, 3.63) is 85.1 Å². The van der Waals surface area contributed by atoms with E-state index in [9.17, 15) is 9.59 Å². The van der Waals surface area contributed by atoms with E-state index in [0.29, 0.717) is 19.4 Å².